The average molecular weight is 489 g/mol. The van der Waals surface area contributed by atoms with Crippen LogP contribution in [0.15, 0.2) is 70.0 Å². The number of piperazine rings is 1. The number of carbonyl (C=O) groups excluding carboxylic acids is 1. The van der Waals surface area contributed by atoms with Crippen molar-refractivity contribution < 1.29 is 30.8 Å². The number of nitriles is 1. The van der Waals surface area contributed by atoms with Gasteiger partial charge in [0.2, 0.25) is 10.0 Å². The van der Waals surface area contributed by atoms with Crippen LogP contribution in [0.1, 0.15) is 21.7 Å². The van der Waals surface area contributed by atoms with Crippen molar-refractivity contribution in [2.75, 3.05) is 26.2 Å². The van der Waals surface area contributed by atoms with E-state index in [2.05, 4.69) is 0 Å². The van der Waals surface area contributed by atoms with Crippen LogP contribution in [0.25, 0.3) is 11.3 Å². The highest BCUT2D eigenvalue weighted by Gasteiger charge is 2.33. The Bertz CT molecular complexity index is 1370. The number of sulfonamides is 1. The molecule has 0 saturated carbocycles. The molecule has 11 heteroatoms. The van der Waals surface area contributed by atoms with Crippen LogP contribution in [0.4, 0.5) is 13.2 Å². The van der Waals surface area contributed by atoms with E-state index in [1.54, 1.807) is 6.07 Å². The van der Waals surface area contributed by atoms with E-state index < -0.39 is 27.7 Å². The fraction of sp³-hybridized carbons (Fsp3) is 0.217. The molecular formula is C23H18F3N3O4S. The molecule has 1 aliphatic rings. The van der Waals surface area contributed by atoms with E-state index in [9.17, 15) is 31.6 Å². The molecule has 0 aliphatic carbocycles. The third-order valence-electron chi connectivity index (χ3n) is 5.44. The topological polar surface area (TPSA) is 94.6 Å². The Hall–Kier alpha value is -3.62. The number of rotatable bonds is 4. The average Bonchev–Trinajstić information content (AvgIpc) is 3.33. The number of carbonyl (C=O) groups is 1. The summed E-state index contributed by atoms with van der Waals surface area (Å²) in [5.41, 5.74) is -0.607. The number of alkyl halides is 3. The van der Waals surface area contributed by atoms with Gasteiger partial charge in [0.15, 0.2) is 5.76 Å². The van der Waals surface area contributed by atoms with E-state index in [-0.39, 0.29) is 53.7 Å². The Kier molecular flexibility index (Phi) is 6.20. The van der Waals surface area contributed by atoms with E-state index in [0.29, 0.717) is 0 Å². The molecule has 0 atom stereocenters. The lowest BCUT2D eigenvalue weighted by molar-refractivity contribution is -0.137. The van der Waals surface area contributed by atoms with Crippen molar-refractivity contribution in [2.24, 2.45) is 0 Å². The van der Waals surface area contributed by atoms with E-state index in [1.807, 2.05) is 6.07 Å². The maximum absolute atomic E-state index is 13.0. The smallest absolute Gasteiger partial charge is 0.416 e. The second-order valence-electron chi connectivity index (χ2n) is 7.55. The SMILES string of the molecule is N#Cc1ccccc1S(=O)(=O)N1CCN(C(=O)c2ccc(-c3cccc(C(F)(F)F)c3)o2)CC1. The normalized spacial score (nSPS) is 15.2. The molecule has 176 valence electrons. The summed E-state index contributed by atoms with van der Waals surface area (Å²) >= 11 is 0. The van der Waals surface area contributed by atoms with Crippen molar-refractivity contribution in [1.29, 1.82) is 5.26 Å². The van der Waals surface area contributed by atoms with Crippen molar-refractivity contribution >= 4 is 15.9 Å². The van der Waals surface area contributed by atoms with Crippen LogP contribution in [0.5, 0.6) is 0 Å². The zero-order chi connectivity index (χ0) is 24.5. The second kappa shape index (κ2) is 8.96. The quantitative estimate of drug-likeness (QED) is 0.553. The Morgan fingerprint density at radius 1 is 0.971 bits per heavy atom. The van der Waals surface area contributed by atoms with Crippen molar-refractivity contribution in [1.82, 2.24) is 9.21 Å². The summed E-state index contributed by atoms with van der Waals surface area (Å²) in [6.45, 7) is 0.225. The molecule has 1 aliphatic heterocycles. The summed E-state index contributed by atoms with van der Waals surface area (Å²) in [6, 6.07) is 15.2. The zero-order valence-corrected chi connectivity index (χ0v) is 18.4. The first kappa shape index (κ1) is 23.5. The van der Waals surface area contributed by atoms with Gasteiger partial charge in [-0.2, -0.15) is 22.7 Å². The molecule has 1 aromatic heterocycles. The van der Waals surface area contributed by atoms with E-state index in [0.717, 1.165) is 12.1 Å². The fourth-order valence-corrected chi connectivity index (χ4v) is 5.23. The minimum atomic E-state index is -4.50. The second-order valence-corrected chi connectivity index (χ2v) is 9.45. The van der Waals surface area contributed by atoms with Crippen LogP contribution in [-0.4, -0.2) is 49.7 Å². The molecule has 1 fully saturated rings. The predicted molar refractivity (Wildman–Crippen MR) is 115 cm³/mol. The van der Waals surface area contributed by atoms with Gasteiger partial charge in [0.05, 0.1) is 16.0 Å². The largest absolute Gasteiger partial charge is 0.451 e. The van der Waals surface area contributed by atoms with Crippen molar-refractivity contribution in [3.8, 4) is 17.4 Å². The molecule has 0 unspecified atom stereocenters. The molecule has 2 heterocycles. The van der Waals surface area contributed by atoms with Gasteiger partial charge in [-0.05, 0) is 36.4 Å². The van der Waals surface area contributed by atoms with Crippen molar-refractivity contribution in [3.63, 3.8) is 0 Å². The standard InChI is InChI=1S/C23H18F3N3O4S/c24-23(25,26)18-6-3-5-16(14-18)19-8-9-20(33-19)22(30)28-10-12-29(13-11-28)34(31,32)21-7-2-1-4-17(21)15-27/h1-9,14H,10-13H2. The van der Waals surface area contributed by atoms with Gasteiger partial charge < -0.3 is 9.32 Å². The van der Waals surface area contributed by atoms with E-state index in [4.69, 9.17) is 4.42 Å². The molecule has 3 aromatic rings. The molecule has 7 nitrogen and oxygen atoms in total. The number of nitrogens with zero attached hydrogens (tertiary/aromatic N) is 3. The van der Waals surface area contributed by atoms with Gasteiger partial charge >= 0.3 is 6.18 Å². The van der Waals surface area contributed by atoms with Gasteiger partial charge in [0, 0.05) is 31.7 Å². The van der Waals surface area contributed by atoms with Crippen LogP contribution in [0.3, 0.4) is 0 Å². The summed E-state index contributed by atoms with van der Waals surface area (Å²) in [5, 5.41) is 9.21. The first-order valence-electron chi connectivity index (χ1n) is 10.2. The van der Waals surface area contributed by atoms with Crippen LogP contribution in [0, 0.1) is 11.3 Å². The highest BCUT2D eigenvalue weighted by atomic mass is 32.2. The number of amides is 1. The van der Waals surface area contributed by atoms with Crippen molar-refractivity contribution in [3.05, 3.63) is 77.6 Å². The third kappa shape index (κ3) is 4.55. The highest BCUT2D eigenvalue weighted by Crippen LogP contribution is 2.33. The highest BCUT2D eigenvalue weighted by molar-refractivity contribution is 7.89. The summed E-state index contributed by atoms with van der Waals surface area (Å²) < 4.78 is 71.5. The van der Waals surface area contributed by atoms with Crippen LogP contribution in [-0.2, 0) is 16.2 Å². The fourth-order valence-electron chi connectivity index (χ4n) is 3.67. The van der Waals surface area contributed by atoms with Gasteiger partial charge in [-0.25, -0.2) is 8.42 Å². The Morgan fingerprint density at radius 3 is 2.35 bits per heavy atom. The molecule has 2 aromatic carbocycles. The zero-order valence-electron chi connectivity index (χ0n) is 17.6. The molecule has 4 rings (SSSR count). The number of hydrogen-bond acceptors (Lipinski definition) is 5. The molecule has 0 N–H and O–H groups in total. The lowest BCUT2D eigenvalue weighted by Crippen LogP contribution is -2.50. The lowest BCUT2D eigenvalue weighted by atomic mass is 10.1. The molecular weight excluding hydrogens is 471 g/mol. The first-order valence-corrected chi connectivity index (χ1v) is 11.6. The summed E-state index contributed by atoms with van der Waals surface area (Å²) in [7, 11) is -3.91. The molecule has 0 radical (unpaired) electrons. The minimum absolute atomic E-state index is 0.0228. The number of furan rings is 1. The molecule has 34 heavy (non-hydrogen) atoms. The summed E-state index contributed by atoms with van der Waals surface area (Å²) in [5.74, 6) is -0.435. The molecule has 0 bridgehead atoms. The van der Waals surface area contributed by atoms with Crippen molar-refractivity contribution in [2.45, 2.75) is 11.1 Å². The van der Waals surface area contributed by atoms with Crippen LogP contribution < -0.4 is 0 Å². The van der Waals surface area contributed by atoms with Gasteiger partial charge in [-0.15, -0.1) is 0 Å². The number of halogens is 3. The van der Waals surface area contributed by atoms with Crippen LogP contribution in [0.2, 0.25) is 0 Å². The summed E-state index contributed by atoms with van der Waals surface area (Å²) in [4.78, 5) is 14.2. The third-order valence-corrected chi connectivity index (χ3v) is 7.40. The summed E-state index contributed by atoms with van der Waals surface area (Å²) in [6.07, 6.45) is -4.50. The first-order chi connectivity index (χ1) is 16.1. The molecule has 1 amide bonds. The maximum atomic E-state index is 13.0. The maximum Gasteiger partial charge on any atom is 0.416 e. The molecule has 1 saturated heterocycles. The van der Waals surface area contributed by atoms with Gasteiger partial charge in [-0.3, -0.25) is 4.79 Å². The monoisotopic (exact) mass is 489 g/mol. The Balaban J connectivity index is 1.46. The predicted octanol–water partition coefficient (Wildman–Crippen LogP) is 3.98. The number of benzene rings is 2. The van der Waals surface area contributed by atoms with Crippen LogP contribution >= 0.6 is 0 Å². The Labute approximate surface area is 193 Å². The lowest BCUT2D eigenvalue weighted by Gasteiger charge is -2.33. The van der Waals surface area contributed by atoms with E-state index >= 15 is 0 Å². The van der Waals surface area contributed by atoms with E-state index in [1.165, 1.54) is 51.7 Å². The minimum Gasteiger partial charge on any atom is -0.451 e. The molecule has 0 spiro atoms. The Morgan fingerprint density at radius 2 is 1.68 bits per heavy atom. The van der Waals surface area contributed by atoms with Gasteiger partial charge in [0.25, 0.3) is 5.91 Å². The number of hydrogen-bond donors (Lipinski definition) is 0. The van der Waals surface area contributed by atoms with Gasteiger partial charge in [-0.1, -0.05) is 24.3 Å². The van der Waals surface area contributed by atoms with Gasteiger partial charge in [0.1, 0.15) is 11.8 Å².